The van der Waals surface area contributed by atoms with Crippen molar-refractivity contribution in [3.8, 4) is 0 Å². The van der Waals surface area contributed by atoms with Crippen molar-refractivity contribution in [2.75, 3.05) is 17.2 Å². The van der Waals surface area contributed by atoms with Gasteiger partial charge in [0.1, 0.15) is 23.5 Å². The number of anilines is 2. The van der Waals surface area contributed by atoms with Crippen LogP contribution in [0.1, 0.15) is 46.9 Å². The Morgan fingerprint density at radius 3 is 2.43 bits per heavy atom. The van der Waals surface area contributed by atoms with Crippen molar-refractivity contribution >= 4 is 17.5 Å². The van der Waals surface area contributed by atoms with E-state index < -0.39 is 0 Å². The lowest BCUT2D eigenvalue weighted by Gasteiger charge is -2.17. The second kappa shape index (κ2) is 8.44. The molecule has 0 aliphatic carbocycles. The van der Waals surface area contributed by atoms with E-state index in [1.165, 1.54) is 0 Å². The van der Waals surface area contributed by atoms with Crippen LogP contribution in [0.3, 0.4) is 0 Å². The number of aryl methyl sites for hydroxylation is 1. The van der Waals surface area contributed by atoms with E-state index in [0.717, 1.165) is 31.0 Å². The predicted octanol–water partition coefficient (Wildman–Crippen LogP) is 2.19. The van der Waals surface area contributed by atoms with Crippen molar-refractivity contribution < 1.29 is 4.79 Å². The van der Waals surface area contributed by atoms with Gasteiger partial charge in [-0.05, 0) is 34.1 Å². The van der Waals surface area contributed by atoms with E-state index in [1.54, 1.807) is 0 Å². The number of hydrogen-bond acceptors (Lipinski definition) is 5. The lowest BCUT2D eigenvalue weighted by molar-refractivity contribution is -0.122. The average molecular weight is 293 g/mol. The van der Waals surface area contributed by atoms with E-state index in [-0.39, 0.29) is 18.0 Å². The zero-order chi connectivity index (χ0) is 15.8. The molecule has 0 aromatic carbocycles. The van der Waals surface area contributed by atoms with Crippen LogP contribution in [-0.4, -0.2) is 34.5 Å². The molecule has 3 N–H and O–H groups in total. The van der Waals surface area contributed by atoms with Crippen molar-refractivity contribution in [2.45, 2.75) is 59.5 Å². The molecule has 6 nitrogen and oxygen atoms in total. The summed E-state index contributed by atoms with van der Waals surface area (Å²) in [5, 5.41) is 9.21. The highest BCUT2D eigenvalue weighted by molar-refractivity contribution is 5.84. The Balaban J connectivity index is 2.82. The number of carbonyl (C=O) groups is 1. The fraction of sp³-hybridized carbons (Fsp3) is 0.667. The van der Waals surface area contributed by atoms with E-state index >= 15 is 0 Å². The SMILES string of the molecule is CCCc1nc(NCC)cc(NC(C)C(=O)NC(C)C)n1. The zero-order valence-corrected chi connectivity index (χ0v) is 13.7. The summed E-state index contributed by atoms with van der Waals surface area (Å²) in [5.74, 6) is 2.21. The third-order valence-electron chi connectivity index (χ3n) is 2.79. The molecule has 1 heterocycles. The van der Waals surface area contributed by atoms with Gasteiger partial charge in [-0.3, -0.25) is 4.79 Å². The van der Waals surface area contributed by atoms with Crippen LogP contribution in [0.4, 0.5) is 11.6 Å². The fourth-order valence-corrected chi connectivity index (χ4v) is 1.88. The lowest BCUT2D eigenvalue weighted by atomic mass is 10.2. The maximum absolute atomic E-state index is 11.9. The van der Waals surface area contributed by atoms with Crippen LogP contribution < -0.4 is 16.0 Å². The zero-order valence-electron chi connectivity index (χ0n) is 13.7. The molecule has 0 bridgehead atoms. The van der Waals surface area contributed by atoms with E-state index in [1.807, 2.05) is 33.8 Å². The van der Waals surface area contributed by atoms with Gasteiger partial charge in [0.15, 0.2) is 0 Å². The summed E-state index contributed by atoms with van der Waals surface area (Å²) in [4.78, 5) is 20.9. The van der Waals surface area contributed by atoms with Gasteiger partial charge in [0.2, 0.25) is 5.91 Å². The number of hydrogen-bond donors (Lipinski definition) is 3. The molecule has 1 atom stereocenters. The van der Waals surface area contributed by atoms with E-state index in [9.17, 15) is 4.79 Å². The maximum atomic E-state index is 11.9. The van der Waals surface area contributed by atoms with Crippen LogP contribution in [0.25, 0.3) is 0 Å². The van der Waals surface area contributed by atoms with Gasteiger partial charge in [-0.2, -0.15) is 0 Å². The first kappa shape index (κ1) is 17.2. The molecule has 0 saturated heterocycles. The van der Waals surface area contributed by atoms with Crippen LogP contribution in [-0.2, 0) is 11.2 Å². The summed E-state index contributed by atoms with van der Waals surface area (Å²) in [6.07, 6.45) is 1.80. The van der Waals surface area contributed by atoms with E-state index in [4.69, 9.17) is 0 Å². The van der Waals surface area contributed by atoms with Crippen molar-refractivity contribution in [3.05, 3.63) is 11.9 Å². The van der Waals surface area contributed by atoms with Crippen molar-refractivity contribution in [2.24, 2.45) is 0 Å². The number of amides is 1. The van der Waals surface area contributed by atoms with Crippen LogP contribution >= 0.6 is 0 Å². The molecule has 0 fully saturated rings. The third-order valence-corrected chi connectivity index (χ3v) is 2.79. The Labute approximate surface area is 127 Å². The Kier molecular flexibility index (Phi) is 6.91. The summed E-state index contributed by atoms with van der Waals surface area (Å²) >= 11 is 0. The molecule has 1 aromatic heterocycles. The highest BCUT2D eigenvalue weighted by atomic mass is 16.2. The smallest absolute Gasteiger partial charge is 0.242 e. The van der Waals surface area contributed by atoms with E-state index in [0.29, 0.717) is 5.82 Å². The quantitative estimate of drug-likeness (QED) is 0.684. The Bertz CT molecular complexity index is 437. The fourth-order valence-electron chi connectivity index (χ4n) is 1.88. The molecular formula is C15H27N5O. The molecule has 0 aliphatic rings. The Morgan fingerprint density at radius 2 is 1.86 bits per heavy atom. The molecule has 21 heavy (non-hydrogen) atoms. The van der Waals surface area contributed by atoms with Crippen molar-refractivity contribution in [1.29, 1.82) is 0 Å². The molecule has 1 rings (SSSR count). The first-order valence-corrected chi connectivity index (χ1v) is 7.65. The molecule has 0 aliphatic heterocycles. The topological polar surface area (TPSA) is 78.9 Å². The summed E-state index contributed by atoms with van der Waals surface area (Å²) in [6, 6.07) is 1.62. The van der Waals surface area contributed by atoms with Gasteiger partial charge in [0, 0.05) is 25.1 Å². The summed E-state index contributed by atoms with van der Waals surface area (Å²) in [5.41, 5.74) is 0. The minimum atomic E-state index is -0.341. The minimum Gasteiger partial charge on any atom is -0.370 e. The molecule has 1 aromatic rings. The molecule has 118 valence electrons. The number of rotatable bonds is 8. The van der Waals surface area contributed by atoms with Crippen molar-refractivity contribution in [3.63, 3.8) is 0 Å². The standard InChI is InChI=1S/C15H27N5O/c1-6-8-12-19-13(16-7-2)9-14(20-12)18-11(5)15(21)17-10(3)4/h9-11H,6-8H2,1-5H3,(H,17,21)(H2,16,18,19,20). The predicted molar refractivity (Wildman–Crippen MR) is 86.6 cm³/mol. The molecule has 0 saturated carbocycles. The van der Waals surface area contributed by atoms with Gasteiger partial charge in [-0.25, -0.2) is 9.97 Å². The monoisotopic (exact) mass is 293 g/mol. The molecule has 6 heteroatoms. The highest BCUT2D eigenvalue weighted by Gasteiger charge is 2.14. The Hall–Kier alpha value is -1.85. The summed E-state index contributed by atoms with van der Waals surface area (Å²) < 4.78 is 0. The maximum Gasteiger partial charge on any atom is 0.242 e. The lowest BCUT2D eigenvalue weighted by Crippen LogP contribution is -2.41. The molecular weight excluding hydrogens is 266 g/mol. The largest absolute Gasteiger partial charge is 0.370 e. The summed E-state index contributed by atoms with van der Waals surface area (Å²) in [6.45, 7) is 10.6. The van der Waals surface area contributed by atoms with E-state index in [2.05, 4.69) is 32.8 Å². The first-order chi connectivity index (χ1) is 9.96. The normalized spacial score (nSPS) is 12.1. The number of nitrogens with one attached hydrogen (secondary N) is 3. The van der Waals surface area contributed by atoms with Crippen molar-refractivity contribution in [1.82, 2.24) is 15.3 Å². The number of nitrogens with zero attached hydrogens (tertiary/aromatic N) is 2. The van der Waals surface area contributed by atoms with Gasteiger partial charge < -0.3 is 16.0 Å². The average Bonchev–Trinajstić information content (AvgIpc) is 2.38. The van der Waals surface area contributed by atoms with Gasteiger partial charge in [0.05, 0.1) is 0 Å². The second-order valence-electron chi connectivity index (χ2n) is 5.36. The summed E-state index contributed by atoms with van der Waals surface area (Å²) in [7, 11) is 0. The van der Waals surface area contributed by atoms with Crippen LogP contribution in [0.5, 0.6) is 0 Å². The van der Waals surface area contributed by atoms with Gasteiger partial charge in [-0.1, -0.05) is 6.92 Å². The Morgan fingerprint density at radius 1 is 1.19 bits per heavy atom. The molecule has 1 unspecified atom stereocenters. The second-order valence-corrected chi connectivity index (χ2v) is 5.36. The first-order valence-electron chi connectivity index (χ1n) is 7.65. The highest BCUT2D eigenvalue weighted by Crippen LogP contribution is 2.13. The molecule has 0 spiro atoms. The van der Waals surface area contributed by atoms with Crippen LogP contribution in [0.2, 0.25) is 0 Å². The molecule has 0 radical (unpaired) electrons. The molecule has 1 amide bonds. The van der Waals surface area contributed by atoms with Crippen LogP contribution in [0.15, 0.2) is 6.07 Å². The minimum absolute atomic E-state index is 0.0364. The van der Waals surface area contributed by atoms with Gasteiger partial charge in [-0.15, -0.1) is 0 Å². The van der Waals surface area contributed by atoms with Crippen LogP contribution in [0, 0.1) is 0 Å². The van der Waals surface area contributed by atoms with Gasteiger partial charge >= 0.3 is 0 Å². The number of carbonyl (C=O) groups excluding carboxylic acids is 1. The number of aromatic nitrogens is 2. The third kappa shape index (κ3) is 5.97. The van der Waals surface area contributed by atoms with Gasteiger partial charge in [0.25, 0.3) is 0 Å².